The maximum absolute atomic E-state index is 13.8. The minimum atomic E-state index is -0.241. The van der Waals surface area contributed by atoms with Crippen LogP contribution in [0.5, 0.6) is 0 Å². The van der Waals surface area contributed by atoms with Crippen molar-refractivity contribution in [1.82, 2.24) is 5.32 Å². The Morgan fingerprint density at radius 1 is 1.38 bits per heavy atom. The fourth-order valence-electron chi connectivity index (χ4n) is 1.68. The van der Waals surface area contributed by atoms with Crippen LogP contribution in [0.1, 0.15) is 17.2 Å². The van der Waals surface area contributed by atoms with Crippen molar-refractivity contribution in [1.29, 1.82) is 0 Å². The summed E-state index contributed by atoms with van der Waals surface area (Å²) >= 11 is 3.24. The molecule has 1 atom stereocenters. The summed E-state index contributed by atoms with van der Waals surface area (Å²) in [4.78, 5) is 0. The maximum Gasteiger partial charge on any atom is 0.129 e. The van der Waals surface area contributed by atoms with Gasteiger partial charge in [0.05, 0.1) is 18.6 Å². The van der Waals surface area contributed by atoms with Crippen LogP contribution >= 0.6 is 15.9 Å². The van der Waals surface area contributed by atoms with Gasteiger partial charge in [0.1, 0.15) is 5.82 Å². The largest absolute Gasteiger partial charge is 0.472 e. The Labute approximate surface area is 102 Å². The standard InChI is InChI=1S/C12H11BrFNO/c1-15-12(8-4-5-16-7-8)10-3-2-9(13)6-11(10)14/h2-7,12,15H,1H3. The molecule has 0 saturated carbocycles. The van der Waals surface area contributed by atoms with E-state index in [0.29, 0.717) is 5.56 Å². The van der Waals surface area contributed by atoms with Gasteiger partial charge in [0.15, 0.2) is 0 Å². The predicted molar refractivity (Wildman–Crippen MR) is 63.7 cm³/mol. The molecule has 4 heteroatoms. The highest BCUT2D eigenvalue weighted by Gasteiger charge is 2.16. The molecule has 1 heterocycles. The second kappa shape index (κ2) is 4.80. The van der Waals surface area contributed by atoms with Gasteiger partial charge < -0.3 is 9.73 Å². The fraction of sp³-hybridized carbons (Fsp3) is 0.167. The van der Waals surface area contributed by atoms with E-state index >= 15 is 0 Å². The molecular weight excluding hydrogens is 273 g/mol. The molecule has 0 aliphatic carbocycles. The van der Waals surface area contributed by atoms with Crippen LogP contribution in [0, 0.1) is 5.82 Å². The Balaban J connectivity index is 2.41. The van der Waals surface area contributed by atoms with Crippen molar-refractivity contribution < 1.29 is 8.81 Å². The SMILES string of the molecule is CNC(c1ccoc1)c1ccc(Br)cc1F. The molecule has 0 bridgehead atoms. The van der Waals surface area contributed by atoms with Gasteiger partial charge in [-0.05, 0) is 25.2 Å². The molecule has 0 aliphatic rings. The lowest BCUT2D eigenvalue weighted by molar-refractivity contribution is 0.548. The predicted octanol–water partition coefficient (Wildman–Crippen LogP) is 3.49. The van der Waals surface area contributed by atoms with Gasteiger partial charge in [-0.3, -0.25) is 0 Å². The first-order valence-corrected chi connectivity index (χ1v) is 5.66. The minimum absolute atomic E-state index is 0.188. The Bertz CT molecular complexity index is 470. The highest BCUT2D eigenvalue weighted by Crippen LogP contribution is 2.26. The van der Waals surface area contributed by atoms with Crippen LogP contribution in [0.15, 0.2) is 45.7 Å². The number of halogens is 2. The molecule has 0 amide bonds. The number of benzene rings is 1. The summed E-state index contributed by atoms with van der Waals surface area (Å²) in [5.74, 6) is -0.241. The van der Waals surface area contributed by atoms with Gasteiger partial charge in [0.25, 0.3) is 0 Å². The molecule has 1 unspecified atom stereocenters. The zero-order valence-corrected chi connectivity index (χ0v) is 10.3. The number of hydrogen-bond donors (Lipinski definition) is 1. The second-order valence-corrected chi connectivity index (χ2v) is 4.36. The summed E-state index contributed by atoms with van der Waals surface area (Å²) in [5, 5.41) is 3.07. The summed E-state index contributed by atoms with van der Waals surface area (Å²) in [6.07, 6.45) is 3.19. The topological polar surface area (TPSA) is 25.2 Å². The normalized spacial score (nSPS) is 12.7. The van der Waals surface area contributed by atoms with Crippen molar-refractivity contribution >= 4 is 15.9 Å². The summed E-state index contributed by atoms with van der Waals surface area (Å²) in [6, 6.07) is 6.67. The molecule has 2 rings (SSSR count). The molecule has 0 aliphatic heterocycles. The van der Waals surface area contributed by atoms with E-state index in [0.717, 1.165) is 10.0 Å². The monoisotopic (exact) mass is 283 g/mol. The molecule has 84 valence electrons. The maximum atomic E-state index is 13.8. The van der Waals surface area contributed by atoms with Crippen LogP contribution in [0.3, 0.4) is 0 Å². The van der Waals surface area contributed by atoms with Crippen molar-refractivity contribution in [3.05, 3.63) is 58.2 Å². The third-order valence-corrected chi connectivity index (χ3v) is 2.93. The molecule has 0 fully saturated rings. The Morgan fingerprint density at radius 2 is 2.19 bits per heavy atom. The zero-order chi connectivity index (χ0) is 11.5. The molecule has 0 spiro atoms. The summed E-state index contributed by atoms with van der Waals surface area (Å²) in [7, 11) is 1.79. The number of rotatable bonds is 3. The molecule has 0 saturated heterocycles. The summed E-state index contributed by atoms with van der Waals surface area (Å²) < 4.78 is 19.5. The second-order valence-electron chi connectivity index (χ2n) is 3.44. The number of nitrogens with one attached hydrogen (secondary N) is 1. The molecule has 16 heavy (non-hydrogen) atoms. The molecular formula is C12H11BrFNO. The van der Waals surface area contributed by atoms with Crippen LogP contribution in [-0.2, 0) is 0 Å². The van der Waals surface area contributed by atoms with Crippen molar-refractivity contribution in [2.75, 3.05) is 7.05 Å². The van der Waals surface area contributed by atoms with E-state index in [9.17, 15) is 4.39 Å². The molecule has 2 aromatic rings. The van der Waals surface area contributed by atoms with Crippen molar-refractivity contribution in [3.8, 4) is 0 Å². The first-order chi connectivity index (χ1) is 7.72. The Kier molecular flexibility index (Phi) is 3.41. The molecule has 1 N–H and O–H groups in total. The molecule has 1 aromatic carbocycles. The first-order valence-electron chi connectivity index (χ1n) is 4.86. The third-order valence-electron chi connectivity index (χ3n) is 2.44. The van der Waals surface area contributed by atoms with E-state index in [1.54, 1.807) is 25.6 Å². The van der Waals surface area contributed by atoms with E-state index in [-0.39, 0.29) is 11.9 Å². The lowest BCUT2D eigenvalue weighted by Gasteiger charge is -2.15. The van der Waals surface area contributed by atoms with Crippen molar-refractivity contribution in [3.63, 3.8) is 0 Å². The van der Waals surface area contributed by atoms with E-state index in [2.05, 4.69) is 21.2 Å². The van der Waals surface area contributed by atoms with E-state index in [4.69, 9.17) is 4.42 Å². The van der Waals surface area contributed by atoms with Gasteiger partial charge >= 0.3 is 0 Å². The first kappa shape index (κ1) is 11.4. The van der Waals surface area contributed by atoms with Gasteiger partial charge in [-0.1, -0.05) is 22.0 Å². The van der Waals surface area contributed by atoms with Gasteiger partial charge in [-0.2, -0.15) is 0 Å². The molecule has 1 aromatic heterocycles. The summed E-state index contributed by atoms with van der Waals surface area (Å²) in [6.45, 7) is 0. The van der Waals surface area contributed by atoms with Crippen LogP contribution in [0.2, 0.25) is 0 Å². The van der Waals surface area contributed by atoms with Crippen LogP contribution in [0.25, 0.3) is 0 Å². The third kappa shape index (κ3) is 2.18. The van der Waals surface area contributed by atoms with Crippen molar-refractivity contribution in [2.24, 2.45) is 0 Å². The molecule has 2 nitrogen and oxygen atoms in total. The molecule has 0 radical (unpaired) electrons. The minimum Gasteiger partial charge on any atom is -0.472 e. The fourth-order valence-corrected chi connectivity index (χ4v) is 2.01. The van der Waals surface area contributed by atoms with Crippen molar-refractivity contribution in [2.45, 2.75) is 6.04 Å². The number of hydrogen-bond acceptors (Lipinski definition) is 2. The number of furan rings is 1. The Morgan fingerprint density at radius 3 is 2.75 bits per heavy atom. The van der Waals surface area contributed by atoms with Crippen LogP contribution in [-0.4, -0.2) is 7.05 Å². The van der Waals surface area contributed by atoms with Crippen LogP contribution < -0.4 is 5.32 Å². The quantitative estimate of drug-likeness (QED) is 0.933. The van der Waals surface area contributed by atoms with Gasteiger partial charge in [0.2, 0.25) is 0 Å². The summed E-state index contributed by atoms with van der Waals surface area (Å²) in [5.41, 5.74) is 1.51. The highest BCUT2D eigenvalue weighted by atomic mass is 79.9. The van der Waals surface area contributed by atoms with E-state index in [1.165, 1.54) is 6.07 Å². The smallest absolute Gasteiger partial charge is 0.129 e. The average Bonchev–Trinajstić information content (AvgIpc) is 2.75. The lowest BCUT2D eigenvalue weighted by Crippen LogP contribution is -2.18. The van der Waals surface area contributed by atoms with Gasteiger partial charge in [-0.25, -0.2) is 4.39 Å². The van der Waals surface area contributed by atoms with E-state index in [1.807, 2.05) is 12.1 Å². The average molecular weight is 284 g/mol. The van der Waals surface area contributed by atoms with E-state index < -0.39 is 0 Å². The Hall–Kier alpha value is -1.13. The van der Waals surface area contributed by atoms with Crippen LogP contribution in [0.4, 0.5) is 4.39 Å². The van der Waals surface area contributed by atoms with Gasteiger partial charge in [0, 0.05) is 15.6 Å². The highest BCUT2D eigenvalue weighted by molar-refractivity contribution is 9.10. The van der Waals surface area contributed by atoms with Gasteiger partial charge in [-0.15, -0.1) is 0 Å². The lowest BCUT2D eigenvalue weighted by atomic mass is 10.0. The zero-order valence-electron chi connectivity index (χ0n) is 8.71.